The second-order valence-corrected chi connectivity index (χ2v) is 8.32. The molecule has 1 aromatic carbocycles. The Morgan fingerprint density at radius 2 is 2.07 bits per heavy atom. The highest BCUT2D eigenvalue weighted by molar-refractivity contribution is 7.16. The van der Waals surface area contributed by atoms with Gasteiger partial charge in [-0.3, -0.25) is 9.59 Å². The van der Waals surface area contributed by atoms with E-state index in [1.165, 1.54) is 28.2 Å². The molecular weight excluding hydrogens is 380 g/mol. The SMILES string of the molecule is CCOC(=O)CCn1c(=NC(=O)c2cccs2)sc2cc(C(C)C)ccc21. The molecule has 0 bridgehead atoms. The first kappa shape index (κ1) is 19.5. The van der Waals surface area contributed by atoms with Crippen molar-refractivity contribution in [3.63, 3.8) is 0 Å². The Balaban J connectivity index is 2.05. The summed E-state index contributed by atoms with van der Waals surface area (Å²) in [5.74, 6) is -0.0955. The van der Waals surface area contributed by atoms with E-state index in [1.807, 2.05) is 22.1 Å². The zero-order chi connectivity index (χ0) is 19.4. The van der Waals surface area contributed by atoms with Gasteiger partial charge in [-0.15, -0.1) is 11.3 Å². The predicted octanol–water partition coefficient (Wildman–Crippen LogP) is 4.58. The molecule has 7 heteroatoms. The fraction of sp³-hybridized carbons (Fsp3) is 0.350. The topological polar surface area (TPSA) is 60.7 Å². The minimum absolute atomic E-state index is 0.242. The van der Waals surface area contributed by atoms with E-state index >= 15 is 0 Å². The lowest BCUT2D eigenvalue weighted by molar-refractivity contribution is -0.143. The molecule has 0 aliphatic heterocycles. The minimum atomic E-state index is -0.259. The molecule has 3 aromatic rings. The van der Waals surface area contributed by atoms with Crippen molar-refractivity contribution in [2.45, 2.75) is 39.7 Å². The Morgan fingerprint density at radius 3 is 2.74 bits per heavy atom. The number of esters is 1. The lowest BCUT2D eigenvalue weighted by Gasteiger charge is -2.07. The molecule has 0 spiro atoms. The van der Waals surface area contributed by atoms with Gasteiger partial charge in [-0.25, -0.2) is 0 Å². The van der Waals surface area contributed by atoms with Gasteiger partial charge < -0.3 is 9.30 Å². The number of carbonyl (C=O) groups excluding carboxylic acids is 2. The van der Waals surface area contributed by atoms with Crippen LogP contribution in [0, 0.1) is 0 Å². The van der Waals surface area contributed by atoms with Crippen LogP contribution >= 0.6 is 22.7 Å². The van der Waals surface area contributed by atoms with Gasteiger partial charge in [-0.05, 0) is 42.0 Å². The van der Waals surface area contributed by atoms with Gasteiger partial charge in [0, 0.05) is 6.54 Å². The molecule has 0 aliphatic carbocycles. The highest BCUT2D eigenvalue weighted by Crippen LogP contribution is 2.24. The average molecular weight is 403 g/mol. The third kappa shape index (κ3) is 4.54. The maximum atomic E-state index is 12.5. The molecule has 0 aliphatic rings. The minimum Gasteiger partial charge on any atom is -0.466 e. The van der Waals surface area contributed by atoms with E-state index in [1.54, 1.807) is 13.0 Å². The number of thiophene rings is 1. The third-order valence-corrected chi connectivity index (χ3v) is 6.05. The third-order valence-electron chi connectivity index (χ3n) is 4.15. The van der Waals surface area contributed by atoms with Crippen LogP contribution in [0.2, 0.25) is 0 Å². The molecular formula is C20H22N2O3S2. The first-order valence-electron chi connectivity index (χ1n) is 8.91. The number of ether oxygens (including phenoxy) is 1. The van der Waals surface area contributed by atoms with Gasteiger partial charge in [-0.1, -0.05) is 37.3 Å². The van der Waals surface area contributed by atoms with Crippen molar-refractivity contribution in [2.24, 2.45) is 4.99 Å². The number of aromatic nitrogens is 1. The monoisotopic (exact) mass is 402 g/mol. The number of hydrogen-bond donors (Lipinski definition) is 0. The molecule has 0 unspecified atom stereocenters. The summed E-state index contributed by atoms with van der Waals surface area (Å²) in [6, 6.07) is 9.87. The van der Waals surface area contributed by atoms with Crippen LogP contribution in [0.1, 0.15) is 48.3 Å². The van der Waals surface area contributed by atoms with Crippen LogP contribution in [0.25, 0.3) is 10.2 Å². The van der Waals surface area contributed by atoms with Crippen LogP contribution in [-0.2, 0) is 16.1 Å². The van der Waals surface area contributed by atoms with E-state index in [0.29, 0.717) is 28.7 Å². The van der Waals surface area contributed by atoms with E-state index in [0.717, 1.165) is 10.2 Å². The predicted molar refractivity (Wildman–Crippen MR) is 109 cm³/mol. The van der Waals surface area contributed by atoms with Gasteiger partial charge in [0.1, 0.15) is 0 Å². The van der Waals surface area contributed by atoms with E-state index in [4.69, 9.17) is 4.74 Å². The smallest absolute Gasteiger partial charge is 0.307 e. The molecule has 1 amide bonds. The van der Waals surface area contributed by atoms with Gasteiger partial charge in [-0.2, -0.15) is 4.99 Å². The summed E-state index contributed by atoms with van der Waals surface area (Å²) >= 11 is 2.85. The van der Waals surface area contributed by atoms with Crippen LogP contribution in [-0.4, -0.2) is 23.1 Å². The van der Waals surface area contributed by atoms with E-state index in [-0.39, 0.29) is 18.3 Å². The largest absolute Gasteiger partial charge is 0.466 e. The number of carbonyl (C=O) groups is 2. The Bertz CT molecular complexity index is 1010. The highest BCUT2D eigenvalue weighted by Gasteiger charge is 2.13. The summed E-state index contributed by atoms with van der Waals surface area (Å²) in [6.45, 7) is 6.87. The zero-order valence-corrected chi connectivity index (χ0v) is 17.2. The number of benzene rings is 1. The van der Waals surface area contributed by atoms with E-state index in [2.05, 4.69) is 31.0 Å². The van der Waals surface area contributed by atoms with Crippen LogP contribution in [0.3, 0.4) is 0 Å². The number of fused-ring (bicyclic) bond motifs is 1. The molecule has 2 heterocycles. The molecule has 0 atom stereocenters. The summed E-state index contributed by atoms with van der Waals surface area (Å²) in [5.41, 5.74) is 2.21. The number of rotatable bonds is 6. The second kappa shape index (κ2) is 8.63. The standard InChI is InChI=1S/C20H22N2O3S2/c1-4-25-18(23)9-10-22-15-8-7-14(13(2)3)12-17(15)27-20(22)21-19(24)16-6-5-11-26-16/h5-8,11-13H,4,9-10H2,1-3H3. The number of amides is 1. The summed E-state index contributed by atoms with van der Waals surface area (Å²) in [4.78, 5) is 29.8. The van der Waals surface area contributed by atoms with Crippen LogP contribution in [0.5, 0.6) is 0 Å². The van der Waals surface area contributed by atoms with Crippen molar-refractivity contribution in [3.8, 4) is 0 Å². The summed E-state index contributed by atoms with van der Waals surface area (Å²) < 4.78 is 8.03. The lowest BCUT2D eigenvalue weighted by atomic mass is 10.0. The highest BCUT2D eigenvalue weighted by atomic mass is 32.1. The van der Waals surface area contributed by atoms with Crippen molar-refractivity contribution in [1.29, 1.82) is 0 Å². The van der Waals surface area contributed by atoms with Crippen LogP contribution in [0.15, 0.2) is 40.7 Å². The quantitative estimate of drug-likeness (QED) is 0.567. The average Bonchev–Trinajstić information content (AvgIpc) is 3.27. The number of nitrogens with zero attached hydrogens (tertiary/aromatic N) is 2. The summed E-state index contributed by atoms with van der Waals surface area (Å²) in [7, 11) is 0. The Kier molecular flexibility index (Phi) is 6.23. The molecule has 0 fully saturated rings. The summed E-state index contributed by atoms with van der Waals surface area (Å²) in [6.07, 6.45) is 0.242. The van der Waals surface area contributed by atoms with Gasteiger partial charge in [0.05, 0.1) is 28.1 Å². The molecule has 5 nitrogen and oxygen atoms in total. The first-order valence-corrected chi connectivity index (χ1v) is 10.6. The maximum Gasteiger partial charge on any atom is 0.307 e. The molecule has 2 aromatic heterocycles. The van der Waals surface area contributed by atoms with Crippen molar-refractivity contribution in [2.75, 3.05) is 6.61 Å². The normalized spacial score (nSPS) is 12.1. The molecule has 0 N–H and O–H groups in total. The maximum absolute atomic E-state index is 12.5. The molecule has 142 valence electrons. The van der Waals surface area contributed by atoms with E-state index < -0.39 is 0 Å². The summed E-state index contributed by atoms with van der Waals surface area (Å²) in [5, 5.41) is 1.86. The Morgan fingerprint density at radius 1 is 1.26 bits per heavy atom. The zero-order valence-electron chi connectivity index (χ0n) is 15.6. The van der Waals surface area contributed by atoms with Gasteiger partial charge in [0.15, 0.2) is 4.80 Å². The first-order chi connectivity index (χ1) is 13.0. The van der Waals surface area contributed by atoms with Crippen LogP contribution in [0.4, 0.5) is 0 Å². The van der Waals surface area contributed by atoms with Gasteiger partial charge in [0.25, 0.3) is 5.91 Å². The molecule has 0 saturated heterocycles. The van der Waals surface area contributed by atoms with Crippen molar-refractivity contribution < 1.29 is 14.3 Å². The molecule has 0 radical (unpaired) electrons. The molecule has 3 rings (SSSR count). The molecule has 0 saturated carbocycles. The van der Waals surface area contributed by atoms with Crippen molar-refractivity contribution in [1.82, 2.24) is 4.57 Å². The van der Waals surface area contributed by atoms with Crippen molar-refractivity contribution in [3.05, 3.63) is 51.0 Å². The van der Waals surface area contributed by atoms with Crippen molar-refractivity contribution >= 4 is 44.8 Å². The van der Waals surface area contributed by atoms with E-state index in [9.17, 15) is 9.59 Å². The number of aryl methyl sites for hydroxylation is 1. The Labute approximate surface area is 165 Å². The van der Waals surface area contributed by atoms with Gasteiger partial charge >= 0.3 is 5.97 Å². The lowest BCUT2D eigenvalue weighted by Crippen LogP contribution is -2.19. The second-order valence-electron chi connectivity index (χ2n) is 6.37. The molecule has 27 heavy (non-hydrogen) atoms. The Hall–Kier alpha value is -2.25. The number of hydrogen-bond acceptors (Lipinski definition) is 5. The van der Waals surface area contributed by atoms with Gasteiger partial charge in [0.2, 0.25) is 0 Å². The fourth-order valence-electron chi connectivity index (χ4n) is 2.73. The van der Waals surface area contributed by atoms with Crippen LogP contribution < -0.4 is 4.80 Å². The number of thiazole rings is 1. The fourth-order valence-corrected chi connectivity index (χ4v) is 4.44.